The Kier molecular flexibility index (Phi) is 8.41. The SMILES string of the molecule is CN(CC(C)(C)CN)C(=O)COc1ccc(Cl)cc1Cl.Cl. The lowest BCUT2D eigenvalue weighted by atomic mass is 9.93. The Morgan fingerprint density at radius 3 is 2.52 bits per heavy atom. The number of halogens is 3. The zero-order valence-electron chi connectivity index (χ0n) is 12.4. The van der Waals surface area contributed by atoms with Crippen LogP contribution < -0.4 is 10.5 Å². The normalized spacial score (nSPS) is 10.8. The van der Waals surface area contributed by atoms with Gasteiger partial charge in [-0.1, -0.05) is 37.0 Å². The van der Waals surface area contributed by atoms with Crippen molar-refractivity contribution in [3.63, 3.8) is 0 Å². The fraction of sp³-hybridized carbons (Fsp3) is 0.500. The van der Waals surface area contributed by atoms with Crippen LogP contribution in [0.25, 0.3) is 0 Å². The second-order valence-electron chi connectivity index (χ2n) is 5.48. The molecule has 7 heteroatoms. The van der Waals surface area contributed by atoms with Gasteiger partial charge in [-0.2, -0.15) is 0 Å². The quantitative estimate of drug-likeness (QED) is 0.852. The number of hydrogen-bond donors (Lipinski definition) is 1. The fourth-order valence-electron chi connectivity index (χ4n) is 1.64. The monoisotopic (exact) mass is 354 g/mol. The molecule has 2 N–H and O–H groups in total. The number of likely N-dealkylation sites (N-methyl/N-ethyl adjacent to an activating group) is 1. The van der Waals surface area contributed by atoms with E-state index in [2.05, 4.69) is 0 Å². The van der Waals surface area contributed by atoms with E-state index < -0.39 is 0 Å². The number of rotatable bonds is 6. The van der Waals surface area contributed by atoms with Crippen molar-refractivity contribution in [2.75, 3.05) is 26.7 Å². The summed E-state index contributed by atoms with van der Waals surface area (Å²) >= 11 is 11.8. The molecular formula is C14H21Cl3N2O2. The van der Waals surface area contributed by atoms with Crippen molar-refractivity contribution in [1.82, 2.24) is 4.90 Å². The molecule has 1 amide bonds. The lowest BCUT2D eigenvalue weighted by molar-refractivity contribution is -0.133. The fourth-order valence-corrected chi connectivity index (χ4v) is 2.10. The first-order valence-corrected chi connectivity index (χ1v) is 7.02. The molecule has 0 aliphatic heterocycles. The Hall–Kier alpha value is -0.680. The highest BCUT2D eigenvalue weighted by atomic mass is 35.5. The number of nitrogens with two attached hydrogens (primary N) is 1. The zero-order valence-corrected chi connectivity index (χ0v) is 14.7. The number of benzene rings is 1. The van der Waals surface area contributed by atoms with Gasteiger partial charge in [-0.3, -0.25) is 4.79 Å². The molecule has 0 atom stereocenters. The second-order valence-corrected chi connectivity index (χ2v) is 6.33. The minimum Gasteiger partial charge on any atom is -0.482 e. The molecule has 0 aromatic heterocycles. The minimum atomic E-state index is -0.127. The van der Waals surface area contributed by atoms with Crippen molar-refractivity contribution in [3.8, 4) is 5.75 Å². The maximum Gasteiger partial charge on any atom is 0.260 e. The Bertz CT molecular complexity index is 481. The Morgan fingerprint density at radius 2 is 2.00 bits per heavy atom. The van der Waals surface area contributed by atoms with Gasteiger partial charge in [-0.05, 0) is 30.2 Å². The lowest BCUT2D eigenvalue weighted by Crippen LogP contribution is -2.41. The Morgan fingerprint density at radius 1 is 1.38 bits per heavy atom. The predicted molar refractivity (Wildman–Crippen MR) is 89.7 cm³/mol. The summed E-state index contributed by atoms with van der Waals surface area (Å²) in [6, 6.07) is 4.88. The molecule has 0 spiro atoms. The third-order valence-corrected chi connectivity index (χ3v) is 3.42. The van der Waals surface area contributed by atoms with E-state index in [0.29, 0.717) is 28.9 Å². The molecular weight excluding hydrogens is 335 g/mol. The average Bonchev–Trinajstić information content (AvgIpc) is 2.36. The van der Waals surface area contributed by atoms with E-state index in [-0.39, 0.29) is 30.3 Å². The number of hydrogen-bond acceptors (Lipinski definition) is 3. The lowest BCUT2D eigenvalue weighted by Gasteiger charge is -2.29. The summed E-state index contributed by atoms with van der Waals surface area (Å²) in [6.07, 6.45) is 0. The van der Waals surface area contributed by atoms with Gasteiger partial charge in [0.1, 0.15) is 5.75 Å². The molecule has 1 aromatic rings. The van der Waals surface area contributed by atoms with Crippen LogP contribution in [0, 0.1) is 5.41 Å². The number of nitrogens with zero attached hydrogens (tertiary/aromatic N) is 1. The first-order valence-electron chi connectivity index (χ1n) is 6.27. The van der Waals surface area contributed by atoms with Crippen molar-refractivity contribution in [1.29, 1.82) is 0 Å². The molecule has 0 radical (unpaired) electrons. The smallest absolute Gasteiger partial charge is 0.260 e. The number of amides is 1. The summed E-state index contributed by atoms with van der Waals surface area (Å²) in [5.74, 6) is 0.313. The van der Waals surface area contributed by atoms with Crippen LogP contribution in [0.3, 0.4) is 0 Å². The summed E-state index contributed by atoms with van der Waals surface area (Å²) in [6.45, 7) is 5.02. The standard InChI is InChI=1S/C14H20Cl2N2O2.ClH/c1-14(2,8-17)9-18(3)13(19)7-20-12-5-4-10(15)6-11(12)16;/h4-6H,7-9,17H2,1-3H3;1H. The molecule has 0 heterocycles. The van der Waals surface area contributed by atoms with Gasteiger partial charge in [-0.15, -0.1) is 12.4 Å². The molecule has 0 saturated heterocycles. The predicted octanol–water partition coefficient (Wildman–Crippen LogP) is 3.24. The molecule has 4 nitrogen and oxygen atoms in total. The summed E-state index contributed by atoms with van der Waals surface area (Å²) in [7, 11) is 1.73. The molecule has 0 saturated carbocycles. The van der Waals surface area contributed by atoms with Crippen molar-refractivity contribution >= 4 is 41.5 Å². The topological polar surface area (TPSA) is 55.6 Å². The van der Waals surface area contributed by atoms with Crippen LogP contribution in [0.4, 0.5) is 0 Å². The van der Waals surface area contributed by atoms with Gasteiger partial charge in [0, 0.05) is 18.6 Å². The summed E-state index contributed by atoms with van der Waals surface area (Å²) in [5, 5.41) is 0.908. The van der Waals surface area contributed by atoms with E-state index in [1.54, 1.807) is 30.1 Å². The van der Waals surface area contributed by atoms with Crippen LogP contribution in [0.5, 0.6) is 5.75 Å². The van der Waals surface area contributed by atoms with Crippen LogP contribution in [-0.4, -0.2) is 37.6 Å². The molecule has 120 valence electrons. The van der Waals surface area contributed by atoms with Gasteiger partial charge in [0.2, 0.25) is 0 Å². The van der Waals surface area contributed by atoms with Crippen molar-refractivity contribution in [2.45, 2.75) is 13.8 Å². The third-order valence-electron chi connectivity index (χ3n) is 2.89. The highest BCUT2D eigenvalue weighted by Gasteiger charge is 2.21. The number of carbonyl (C=O) groups is 1. The van der Waals surface area contributed by atoms with Crippen molar-refractivity contribution < 1.29 is 9.53 Å². The van der Waals surface area contributed by atoms with Crippen LogP contribution in [0.1, 0.15) is 13.8 Å². The van der Waals surface area contributed by atoms with E-state index in [1.807, 2.05) is 13.8 Å². The van der Waals surface area contributed by atoms with Gasteiger partial charge < -0.3 is 15.4 Å². The summed E-state index contributed by atoms with van der Waals surface area (Å²) in [4.78, 5) is 13.6. The second kappa shape index (κ2) is 8.69. The first kappa shape index (κ1) is 20.3. The van der Waals surface area contributed by atoms with E-state index >= 15 is 0 Å². The molecule has 21 heavy (non-hydrogen) atoms. The van der Waals surface area contributed by atoms with Crippen LogP contribution in [-0.2, 0) is 4.79 Å². The first-order chi connectivity index (χ1) is 9.25. The molecule has 1 aromatic carbocycles. The van der Waals surface area contributed by atoms with Gasteiger partial charge in [-0.25, -0.2) is 0 Å². The van der Waals surface area contributed by atoms with Gasteiger partial charge in [0.05, 0.1) is 5.02 Å². The van der Waals surface area contributed by atoms with E-state index in [4.69, 9.17) is 33.7 Å². The van der Waals surface area contributed by atoms with E-state index in [1.165, 1.54) is 0 Å². The maximum absolute atomic E-state index is 12.0. The number of ether oxygens (including phenoxy) is 1. The molecule has 0 aliphatic carbocycles. The maximum atomic E-state index is 12.0. The highest BCUT2D eigenvalue weighted by molar-refractivity contribution is 6.35. The molecule has 0 aliphatic rings. The van der Waals surface area contributed by atoms with Crippen LogP contribution >= 0.6 is 35.6 Å². The Balaban J connectivity index is 0.00000400. The van der Waals surface area contributed by atoms with Crippen molar-refractivity contribution in [2.24, 2.45) is 11.1 Å². The van der Waals surface area contributed by atoms with Gasteiger partial charge in [0.15, 0.2) is 6.61 Å². The molecule has 0 bridgehead atoms. The number of carbonyl (C=O) groups excluding carboxylic acids is 1. The van der Waals surface area contributed by atoms with Crippen molar-refractivity contribution in [3.05, 3.63) is 28.2 Å². The molecule has 1 rings (SSSR count). The largest absolute Gasteiger partial charge is 0.482 e. The molecule has 0 fully saturated rings. The minimum absolute atomic E-state index is 0. The van der Waals surface area contributed by atoms with Crippen LogP contribution in [0.2, 0.25) is 10.0 Å². The summed E-state index contributed by atoms with van der Waals surface area (Å²) < 4.78 is 5.41. The van der Waals surface area contributed by atoms with E-state index in [9.17, 15) is 4.79 Å². The van der Waals surface area contributed by atoms with Gasteiger partial charge in [0.25, 0.3) is 5.91 Å². The highest BCUT2D eigenvalue weighted by Crippen LogP contribution is 2.27. The Labute approximate surface area is 141 Å². The zero-order chi connectivity index (χ0) is 15.3. The van der Waals surface area contributed by atoms with Gasteiger partial charge >= 0.3 is 0 Å². The third kappa shape index (κ3) is 6.74. The van der Waals surface area contributed by atoms with E-state index in [0.717, 1.165) is 0 Å². The average molecular weight is 356 g/mol. The van der Waals surface area contributed by atoms with Crippen LogP contribution in [0.15, 0.2) is 18.2 Å². The molecule has 0 unspecified atom stereocenters. The summed E-state index contributed by atoms with van der Waals surface area (Å²) in [5.41, 5.74) is 5.53.